The molecule has 4 heteroatoms. The highest BCUT2D eigenvalue weighted by molar-refractivity contribution is 6.34. The molecule has 0 aliphatic carbocycles. The number of aryl methyl sites for hydroxylation is 1. The minimum Gasteiger partial charge on any atom is -0.373 e. The monoisotopic (exact) mass is 294 g/mol. The zero-order valence-corrected chi connectivity index (χ0v) is 12.9. The van der Waals surface area contributed by atoms with Crippen LogP contribution in [-0.4, -0.2) is 50.3 Å². The number of rotatable bonds is 5. The Morgan fingerprint density at radius 1 is 1.25 bits per heavy atom. The second-order valence-corrected chi connectivity index (χ2v) is 6.05. The molecular weight excluding hydrogens is 272 g/mol. The lowest BCUT2D eigenvalue weighted by molar-refractivity contribution is 0.242. The Hall–Kier alpha value is -0.770. The first kappa shape index (κ1) is 14.2. The molecule has 0 spiro atoms. The van der Waals surface area contributed by atoms with Gasteiger partial charge in [0.05, 0.1) is 23.4 Å². The van der Waals surface area contributed by atoms with Gasteiger partial charge in [-0.15, -0.1) is 0 Å². The van der Waals surface area contributed by atoms with Crippen molar-refractivity contribution in [2.75, 3.05) is 44.2 Å². The normalized spacial score (nSPS) is 23.1. The molecule has 0 aromatic heterocycles. The van der Waals surface area contributed by atoms with Gasteiger partial charge in [0, 0.05) is 32.7 Å². The fourth-order valence-electron chi connectivity index (χ4n) is 2.86. The number of ether oxygens (including phenoxy) is 1. The number of piperazine rings is 1. The number of hydrogen-bond acceptors (Lipinski definition) is 3. The number of nitrogens with zero attached hydrogens (tertiary/aromatic N) is 2. The summed E-state index contributed by atoms with van der Waals surface area (Å²) >= 11 is 6.52. The highest BCUT2D eigenvalue weighted by Crippen LogP contribution is 2.30. The fourth-order valence-corrected chi connectivity index (χ4v) is 3.24. The van der Waals surface area contributed by atoms with Crippen LogP contribution in [0.5, 0.6) is 0 Å². The van der Waals surface area contributed by atoms with Crippen LogP contribution < -0.4 is 4.90 Å². The molecule has 3 nitrogen and oxygen atoms in total. The second kappa shape index (κ2) is 6.33. The molecule has 1 atom stereocenters. The van der Waals surface area contributed by atoms with Crippen LogP contribution >= 0.6 is 11.6 Å². The van der Waals surface area contributed by atoms with Crippen molar-refractivity contribution in [3.05, 3.63) is 28.8 Å². The molecule has 3 rings (SSSR count). The predicted octanol–water partition coefficient (Wildman–Crippen LogP) is 2.81. The lowest BCUT2D eigenvalue weighted by atomic mass is 10.1. The van der Waals surface area contributed by atoms with Crippen molar-refractivity contribution >= 4 is 17.3 Å². The van der Waals surface area contributed by atoms with E-state index in [0.717, 1.165) is 44.2 Å². The molecule has 2 saturated heterocycles. The number of hydrogen-bond donors (Lipinski definition) is 0. The van der Waals surface area contributed by atoms with Crippen molar-refractivity contribution < 1.29 is 4.74 Å². The molecule has 2 aliphatic heterocycles. The summed E-state index contributed by atoms with van der Waals surface area (Å²) in [6.07, 6.45) is 2.73. The van der Waals surface area contributed by atoms with Crippen LogP contribution in [0.2, 0.25) is 5.02 Å². The van der Waals surface area contributed by atoms with Gasteiger partial charge < -0.3 is 9.64 Å². The van der Waals surface area contributed by atoms with E-state index in [1.54, 1.807) is 0 Å². The Kier molecular flexibility index (Phi) is 4.49. The zero-order valence-electron chi connectivity index (χ0n) is 12.1. The van der Waals surface area contributed by atoms with E-state index in [2.05, 4.69) is 34.9 Å². The Labute approximate surface area is 126 Å². The Bertz CT molecular complexity index is 454. The zero-order chi connectivity index (χ0) is 13.9. The number of epoxide rings is 1. The highest BCUT2D eigenvalue weighted by atomic mass is 35.5. The minimum absolute atomic E-state index is 0.545. The van der Waals surface area contributed by atoms with Gasteiger partial charge in [-0.2, -0.15) is 0 Å². The molecule has 0 N–H and O–H groups in total. The average Bonchev–Trinajstić information content (AvgIpc) is 3.30. The Morgan fingerprint density at radius 2 is 2.00 bits per heavy atom. The third-order valence-corrected chi connectivity index (χ3v) is 4.76. The SMILES string of the molecule is CCc1cccc(N2CCN(CCC3CO3)CC2)c1Cl. The van der Waals surface area contributed by atoms with Crippen molar-refractivity contribution in [3.63, 3.8) is 0 Å². The van der Waals surface area contributed by atoms with Gasteiger partial charge in [-0.1, -0.05) is 30.7 Å². The van der Waals surface area contributed by atoms with Crippen LogP contribution in [-0.2, 0) is 11.2 Å². The fraction of sp³-hybridized carbons (Fsp3) is 0.625. The first-order chi connectivity index (χ1) is 9.78. The van der Waals surface area contributed by atoms with E-state index in [9.17, 15) is 0 Å². The minimum atomic E-state index is 0.545. The van der Waals surface area contributed by atoms with Gasteiger partial charge >= 0.3 is 0 Å². The van der Waals surface area contributed by atoms with Crippen molar-refractivity contribution in [2.45, 2.75) is 25.9 Å². The molecule has 1 aromatic rings. The molecule has 110 valence electrons. The molecule has 2 fully saturated rings. The molecular formula is C16H23ClN2O. The van der Waals surface area contributed by atoms with Crippen LogP contribution in [0.1, 0.15) is 18.9 Å². The third kappa shape index (κ3) is 3.27. The van der Waals surface area contributed by atoms with Crippen molar-refractivity contribution in [1.29, 1.82) is 0 Å². The van der Waals surface area contributed by atoms with Gasteiger partial charge in [-0.05, 0) is 24.5 Å². The molecule has 2 aliphatic rings. The predicted molar refractivity (Wildman–Crippen MR) is 83.8 cm³/mol. The smallest absolute Gasteiger partial charge is 0.0822 e. The Balaban J connectivity index is 1.57. The summed E-state index contributed by atoms with van der Waals surface area (Å²) in [5, 5.41) is 0.940. The summed E-state index contributed by atoms with van der Waals surface area (Å²) < 4.78 is 5.28. The largest absolute Gasteiger partial charge is 0.373 e. The summed E-state index contributed by atoms with van der Waals surface area (Å²) in [6.45, 7) is 8.68. The van der Waals surface area contributed by atoms with E-state index in [-0.39, 0.29) is 0 Å². The van der Waals surface area contributed by atoms with Gasteiger partial charge in [0.2, 0.25) is 0 Å². The number of halogens is 1. The van der Waals surface area contributed by atoms with Gasteiger partial charge in [0.25, 0.3) is 0 Å². The number of anilines is 1. The summed E-state index contributed by atoms with van der Waals surface area (Å²) in [5.41, 5.74) is 2.45. The molecule has 0 bridgehead atoms. The highest BCUT2D eigenvalue weighted by Gasteiger charge is 2.25. The van der Waals surface area contributed by atoms with E-state index < -0.39 is 0 Å². The summed E-state index contributed by atoms with van der Waals surface area (Å²) in [4.78, 5) is 4.96. The van der Waals surface area contributed by atoms with Crippen LogP contribution in [0, 0.1) is 0 Å². The third-order valence-electron chi connectivity index (χ3n) is 4.32. The number of benzene rings is 1. The molecule has 1 aromatic carbocycles. The van der Waals surface area contributed by atoms with Crippen LogP contribution in [0.25, 0.3) is 0 Å². The topological polar surface area (TPSA) is 19.0 Å². The lowest BCUT2D eigenvalue weighted by Gasteiger charge is -2.36. The molecule has 0 radical (unpaired) electrons. The maximum atomic E-state index is 6.52. The first-order valence-electron chi connectivity index (χ1n) is 7.64. The van der Waals surface area contributed by atoms with E-state index in [4.69, 9.17) is 16.3 Å². The van der Waals surface area contributed by atoms with Crippen LogP contribution in [0.4, 0.5) is 5.69 Å². The van der Waals surface area contributed by atoms with Crippen molar-refractivity contribution in [3.8, 4) is 0 Å². The van der Waals surface area contributed by atoms with Crippen molar-refractivity contribution in [1.82, 2.24) is 4.90 Å². The Morgan fingerprint density at radius 3 is 2.65 bits per heavy atom. The van der Waals surface area contributed by atoms with Gasteiger partial charge in [-0.3, -0.25) is 4.90 Å². The van der Waals surface area contributed by atoms with E-state index in [1.165, 1.54) is 24.2 Å². The van der Waals surface area contributed by atoms with E-state index in [1.807, 2.05) is 0 Å². The van der Waals surface area contributed by atoms with E-state index in [0.29, 0.717) is 6.10 Å². The van der Waals surface area contributed by atoms with Gasteiger partial charge in [-0.25, -0.2) is 0 Å². The molecule has 1 unspecified atom stereocenters. The van der Waals surface area contributed by atoms with Crippen molar-refractivity contribution in [2.24, 2.45) is 0 Å². The molecule has 20 heavy (non-hydrogen) atoms. The lowest BCUT2D eigenvalue weighted by Crippen LogP contribution is -2.47. The van der Waals surface area contributed by atoms with Crippen LogP contribution in [0.3, 0.4) is 0 Å². The molecule has 2 heterocycles. The molecule has 0 amide bonds. The maximum absolute atomic E-state index is 6.52. The van der Waals surface area contributed by atoms with Gasteiger partial charge in [0.15, 0.2) is 0 Å². The summed E-state index contributed by atoms with van der Waals surface area (Å²) in [6, 6.07) is 6.39. The van der Waals surface area contributed by atoms with Crippen LogP contribution in [0.15, 0.2) is 18.2 Å². The second-order valence-electron chi connectivity index (χ2n) is 5.68. The maximum Gasteiger partial charge on any atom is 0.0822 e. The summed E-state index contributed by atoms with van der Waals surface area (Å²) in [7, 11) is 0. The van der Waals surface area contributed by atoms with Gasteiger partial charge in [0.1, 0.15) is 0 Å². The van der Waals surface area contributed by atoms with E-state index >= 15 is 0 Å². The average molecular weight is 295 g/mol. The summed E-state index contributed by atoms with van der Waals surface area (Å²) in [5.74, 6) is 0. The molecule has 0 saturated carbocycles. The quantitative estimate of drug-likeness (QED) is 0.778. The standard InChI is InChI=1S/C16H23ClN2O/c1-2-13-4-3-5-15(16(13)17)19-10-8-18(9-11-19)7-6-14-12-20-14/h3-5,14H,2,6-12H2,1H3. The first-order valence-corrected chi connectivity index (χ1v) is 8.02.